The van der Waals surface area contributed by atoms with E-state index < -0.39 is 42.5 Å². The van der Waals surface area contributed by atoms with Crippen molar-refractivity contribution in [2.45, 2.75) is 65.1 Å². The van der Waals surface area contributed by atoms with E-state index >= 15 is 0 Å². The molecular formula is C18H30N4O6. The predicted octanol–water partition coefficient (Wildman–Crippen LogP) is -0.766. The van der Waals surface area contributed by atoms with E-state index in [1.807, 2.05) is 13.8 Å². The van der Waals surface area contributed by atoms with E-state index in [0.29, 0.717) is 25.8 Å². The lowest BCUT2D eigenvalue weighted by Crippen LogP contribution is -2.56. The zero-order valence-electron chi connectivity index (χ0n) is 16.8. The van der Waals surface area contributed by atoms with Gasteiger partial charge < -0.3 is 26.0 Å². The Labute approximate surface area is 164 Å². The van der Waals surface area contributed by atoms with Crippen molar-refractivity contribution < 1.29 is 29.1 Å². The summed E-state index contributed by atoms with van der Waals surface area (Å²) in [4.78, 5) is 60.8. The lowest BCUT2D eigenvalue weighted by Gasteiger charge is -2.28. The molecule has 0 aromatic heterocycles. The first-order chi connectivity index (χ1) is 13.0. The number of aliphatic carboxylic acids is 1. The van der Waals surface area contributed by atoms with Crippen LogP contribution < -0.4 is 16.0 Å². The van der Waals surface area contributed by atoms with Crippen molar-refractivity contribution in [2.24, 2.45) is 5.92 Å². The van der Waals surface area contributed by atoms with Crippen molar-refractivity contribution >= 4 is 29.6 Å². The summed E-state index contributed by atoms with van der Waals surface area (Å²) in [6, 6.07) is -2.38. The van der Waals surface area contributed by atoms with Crippen LogP contribution in [0.15, 0.2) is 0 Å². The molecule has 1 aliphatic heterocycles. The lowest BCUT2D eigenvalue weighted by atomic mass is 10.0. The highest BCUT2D eigenvalue weighted by Crippen LogP contribution is 2.19. The van der Waals surface area contributed by atoms with Gasteiger partial charge in [-0.3, -0.25) is 24.0 Å². The van der Waals surface area contributed by atoms with Crippen LogP contribution in [-0.2, 0) is 24.0 Å². The SMILES string of the molecule is CC(=O)N[C@@H](C)C(=O)N1CCC[C@H]1C(=O)N[C@@H](CC(C)C)C(=O)NCC(=O)O. The van der Waals surface area contributed by atoms with Gasteiger partial charge in [-0.05, 0) is 32.1 Å². The molecule has 1 rings (SSSR count). The minimum atomic E-state index is -1.18. The predicted molar refractivity (Wildman–Crippen MR) is 100 cm³/mol. The third-order valence-electron chi connectivity index (χ3n) is 4.38. The first-order valence-electron chi connectivity index (χ1n) is 9.40. The molecule has 1 aliphatic rings. The van der Waals surface area contributed by atoms with E-state index in [4.69, 9.17) is 5.11 Å². The summed E-state index contributed by atoms with van der Waals surface area (Å²) >= 11 is 0. The van der Waals surface area contributed by atoms with Crippen molar-refractivity contribution in [3.05, 3.63) is 0 Å². The van der Waals surface area contributed by atoms with Gasteiger partial charge in [0.15, 0.2) is 0 Å². The van der Waals surface area contributed by atoms with E-state index in [-0.39, 0.29) is 17.7 Å². The van der Waals surface area contributed by atoms with Gasteiger partial charge in [-0.2, -0.15) is 0 Å². The van der Waals surface area contributed by atoms with Crippen LogP contribution in [0.4, 0.5) is 0 Å². The molecule has 4 N–H and O–H groups in total. The number of carbonyl (C=O) groups excluding carboxylic acids is 4. The first kappa shape index (κ1) is 23.4. The number of amides is 4. The van der Waals surface area contributed by atoms with Crippen LogP contribution in [0.25, 0.3) is 0 Å². The summed E-state index contributed by atoms with van der Waals surface area (Å²) in [6.07, 6.45) is 1.42. The molecule has 1 fully saturated rings. The highest BCUT2D eigenvalue weighted by Gasteiger charge is 2.37. The molecule has 0 aromatic carbocycles. The van der Waals surface area contributed by atoms with E-state index in [1.54, 1.807) is 6.92 Å². The molecule has 158 valence electrons. The molecule has 0 bridgehead atoms. The molecule has 4 amide bonds. The number of rotatable bonds is 9. The van der Waals surface area contributed by atoms with Gasteiger partial charge in [0.1, 0.15) is 24.7 Å². The number of carbonyl (C=O) groups is 5. The average molecular weight is 398 g/mol. The molecule has 10 nitrogen and oxygen atoms in total. The van der Waals surface area contributed by atoms with Crippen LogP contribution >= 0.6 is 0 Å². The Morgan fingerprint density at radius 1 is 1.11 bits per heavy atom. The lowest BCUT2D eigenvalue weighted by molar-refractivity contribution is -0.142. The molecule has 0 saturated carbocycles. The molecule has 1 heterocycles. The maximum atomic E-state index is 12.8. The maximum absolute atomic E-state index is 12.8. The number of carboxylic acid groups (broad SMARTS) is 1. The molecule has 0 aromatic rings. The summed E-state index contributed by atoms with van der Waals surface area (Å²) in [5.74, 6) is -2.83. The van der Waals surface area contributed by atoms with E-state index in [2.05, 4.69) is 16.0 Å². The summed E-state index contributed by atoms with van der Waals surface area (Å²) < 4.78 is 0. The van der Waals surface area contributed by atoms with Gasteiger partial charge in [-0.25, -0.2) is 0 Å². The van der Waals surface area contributed by atoms with Gasteiger partial charge in [-0.1, -0.05) is 13.8 Å². The molecule has 0 unspecified atom stereocenters. The zero-order chi connectivity index (χ0) is 21.4. The Kier molecular flexibility index (Phi) is 8.87. The number of nitrogens with one attached hydrogen (secondary N) is 3. The smallest absolute Gasteiger partial charge is 0.322 e. The van der Waals surface area contributed by atoms with Gasteiger partial charge in [0.2, 0.25) is 23.6 Å². The van der Waals surface area contributed by atoms with Crippen molar-refractivity contribution in [1.29, 1.82) is 0 Å². The van der Waals surface area contributed by atoms with Crippen LogP contribution in [0.1, 0.15) is 47.0 Å². The molecule has 3 atom stereocenters. The minimum Gasteiger partial charge on any atom is -0.480 e. The topological polar surface area (TPSA) is 145 Å². The molecule has 10 heteroatoms. The van der Waals surface area contributed by atoms with Gasteiger partial charge in [0.25, 0.3) is 0 Å². The van der Waals surface area contributed by atoms with Crippen molar-refractivity contribution in [1.82, 2.24) is 20.9 Å². The summed E-state index contributed by atoms with van der Waals surface area (Å²) in [7, 11) is 0. The molecule has 1 saturated heterocycles. The van der Waals surface area contributed by atoms with E-state index in [9.17, 15) is 24.0 Å². The van der Waals surface area contributed by atoms with Crippen molar-refractivity contribution in [3.63, 3.8) is 0 Å². The van der Waals surface area contributed by atoms with Gasteiger partial charge in [0.05, 0.1) is 0 Å². The van der Waals surface area contributed by atoms with Crippen LogP contribution in [0.5, 0.6) is 0 Å². The Morgan fingerprint density at radius 3 is 2.29 bits per heavy atom. The normalized spacial score (nSPS) is 18.3. The maximum Gasteiger partial charge on any atom is 0.322 e. The molecular weight excluding hydrogens is 368 g/mol. The zero-order valence-corrected chi connectivity index (χ0v) is 16.8. The van der Waals surface area contributed by atoms with Crippen LogP contribution in [0, 0.1) is 5.92 Å². The third kappa shape index (κ3) is 7.16. The quantitative estimate of drug-likeness (QED) is 0.401. The van der Waals surface area contributed by atoms with Gasteiger partial charge in [-0.15, -0.1) is 0 Å². The van der Waals surface area contributed by atoms with Crippen LogP contribution in [0.2, 0.25) is 0 Å². The third-order valence-corrected chi connectivity index (χ3v) is 4.38. The van der Waals surface area contributed by atoms with Gasteiger partial charge in [0, 0.05) is 13.5 Å². The van der Waals surface area contributed by atoms with Crippen LogP contribution in [0.3, 0.4) is 0 Å². The molecule has 0 radical (unpaired) electrons. The standard InChI is InChI=1S/C18H30N4O6/c1-10(2)8-13(16(26)19-9-15(24)25)21-17(27)14-6-5-7-22(14)18(28)11(3)20-12(4)23/h10-11,13-14H,5-9H2,1-4H3,(H,19,26)(H,20,23)(H,21,27)(H,24,25)/t11-,13-,14-/m0/s1. The van der Waals surface area contributed by atoms with E-state index in [1.165, 1.54) is 11.8 Å². The van der Waals surface area contributed by atoms with E-state index in [0.717, 1.165) is 0 Å². The Hall–Kier alpha value is -2.65. The molecule has 28 heavy (non-hydrogen) atoms. The number of hydrogen-bond acceptors (Lipinski definition) is 5. The molecule has 0 aliphatic carbocycles. The fraction of sp³-hybridized carbons (Fsp3) is 0.722. The Morgan fingerprint density at radius 2 is 1.75 bits per heavy atom. The average Bonchev–Trinajstić information content (AvgIpc) is 3.06. The number of nitrogens with zero attached hydrogens (tertiary/aromatic N) is 1. The fourth-order valence-corrected chi connectivity index (χ4v) is 3.18. The largest absolute Gasteiger partial charge is 0.480 e. The van der Waals surface area contributed by atoms with Gasteiger partial charge >= 0.3 is 5.97 Å². The Bertz CT molecular complexity index is 621. The first-order valence-corrected chi connectivity index (χ1v) is 9.40. The number of carboxylic acids is 1. The van der Waals surface area contributed by atoms with Crippen LogP contribution in [-0.4, -0.2) is 70.8 Å². The minimum absolute atomic E-state index is 0.0852. The number of hydrogen-bond donors (Lipinski definition) is 4. The molecule has 0 spiro atoms. The second kappa shape index (κ2) is 10.6. The fourth-order valence-electron chi connectivity index (χ4n) is 3.18. The second-order valence-corrected chi connectivity index (χ2v) is 7.41. The van der Waals surface area contributed by atoms with Crippen molar-refractivity contribution in [3.8, 4) is 0 Å². The van der Waals surface area contributed by atoms with Crippen molar-refractivity contribution in [2.75, 3.05) is 13.1 Å². The summed E-state index contributed by atoms with van der Waals surface area (Å²) in [6.45, 7) is 6.48. The summed E-state index contributed by atoms with van der Waals surface area (Å²) in [5, 5.41) is 16.2. The Balaban J connectivity index is 2.81. The highest BCUT2D eigenvalue weighted by molar-refractivity contribution is 5.94. The monoisotopic (exact) mass is 398 g/mol. The second-order valence-electron chi connectivity index (χ2n) is 7.41. The number of likely N-dealkylation sites (tertiary alicyclic amines) is 1. The summed E-state index contributed by atoms with van der Waals surface area (Å²) in [5.41, 5.74) is 0. The highest BCUT2D eigenvalue weighted by atomic mass is 16.4.